The van der Waals surface area contributed by atoms with Gasteiger partial charge in [0.25, 0.3) is 0 Å². The van der Waals surface area contributed by atoms with Crippen molar-refractivity contribution in [1.29, 1.82) is 0 Å². The van der Waals surface area contributed by atoms with E-state index >= 15 is 0 Å². The Bertz CT molecular complexity index is 497. The number of rotatable bonds is 3. The molecule has 2 nitrogen and oxygen atoms in total. The van der Waals surface area contributed by atoms with Crippen LogP contribution in [0.4, 0.5) is 0 Å². The van der Waals surface area contributed by atoms with Gasteiger partial charge in [0.15, 0.2) is 0 Å². The SMILES string of the molecule is C=CC(O)c1ccc(-c2ccc(O)cc2)cc1. The highest BCUT2D eigenvalue weighted by Gasteiger charge is 2.03. The zero-order valence-corrected chi connectivity index (χ0v) is 9.38. The third kappa shape index (κ3) is 2.55. The second-order valence-corrected chi connectivity index (χ2v) is 3.85. The van der Waals surface area contributed by atoms with Crippen molar-refractivity contribution in [2.75, 3.05) is 0 Å². The summed E-state index contributed by atoms with van der Waals surface area (Å²) >= 11 is 0. The molecule has 0 fully saturated rings. The van der Waals surface area contributed by atoms with E-state index in [2.05, 4.69) is 6.58 Å². The summed E-state index contributed by atoms with van der Waals surface area (Å²) in [6.07, 6.45) is 0.874. The van der Waals surface area contributed by atoms with E-state index in [4.69, 9.17) is 0 Å². The molecule has 2 aromatic carbocycles. The first kappa shape index (κ1) is 11.4. The van der Waals surface area contributed by atoms with Crippen LogP contribution in [0, 0.1) is 0 Å². The molecular formula is C15H14O2. The number of aliphatic hydroxyl groups excluding tert-OH is 1. The van der Waals surface area contributed by atoms with E-state index in [9.17, 15) is 10.2 Å². The topological polar surface area (TPSA) is 40.5 Å². The highest BCUT2D eigenvalue weighted by molar-refractivity contribution is 5.64. The van der Waals surface area contributed by atoms with Gasteiger partial charge in [-0.05, 0) is 28.8 Å². The molecule has 0 heterocycles. The van der Waals surface area contributed by atoms with Gasteiger partial charge >= 0.3 is 0 Å². The summed E-state index contributed by atoms with van der Waals surface area (Å²) in [5.74, 6) is 0.257. The first-order valence-electron chi connectivity index (χ1n) is 5.40. The van der Waals surface area contributed by atoms with Gasteiger partial charge in [-0.15, -0.1) is 6.58 Å². The van der Waals surface area contributed by atoms with E-state index in [0.29, 0.717) is 0 Å². The van der Waals surface area contributed by atoms with Gasteiger partial charge in [-0.2, -0.15) is 0 Å². The van der Waals surface area contributed by atoms with Gasteiger partial charge in [-0.3, -0.25) is 0 Å². The normalized spacial score (nSPS) is 12.1. The van der Waals surface area contributed by atoms with E-state index in [1.165, 1.54) is 6.08 Å². The summed E-state index contributed by atoms with van der Waals surface area (Å²) in [6.45, 7) is 3.55. The van der Waals surface area contributed by atoms with E-state index < -0.39 is 6.10 Å². The number of aliphatic hydroxyl groups is 1. The summed E-state index contributed by atoms with van der Waals surface area (Å²) < 4.78 is 0. The van der Waals surface area contributed by atoms with Crippen LogP contribution in [0.1, 0.15) is 11.7 Å². The molecule has 1 atom stereocenters. The Kier molecular flexibility index (Phi) is 3.26. The van der Waals surface area contributed by atoms with E-state index in [0.717, 1.165) is 16.7 Å². The molecule has 1 unspecified atom stereocenters. The van der Waals surface area contributed by atoms with Crippen molar-refractivity contribution in [3.63, 3.8) is 0 Å². The summed E-state index contributed by atoms with van der Waals surface area (Å²) in [7, 11) is 0. The molecule has 0 bridgehead atoms. The summed E-state index contributed by atoms with van der Waals surface area (Å²) in [4.78, 5) is 0. The molecule has 86 valence electrons. The minimum absolute atomic E-state index is 0.257. The zero-order valence-electron chi connectivity index (χ0n) is 9.38. The lowest BCUT2D eigenvalue weighted by molar-refractivity contribution is 0.229. The molecule has 2 aromatic rings. The highest BCUT2D eigenvalue weighted by Crippen LogP contribution is 2.23. The third-order valence-electron chi connectivity index (χ3n) is 2.68. The number of aromatic hydroxyl groups is 1. The number of phenols is 1. The maximum absolute atomic E-state index is 9.58. The van der Waals surface area contributed by atoms with Crippen LogP contribution in [0.5, 0.6) is 5.75 Å². The first-order chi connectivity index (χ1) is 8.20. The minimum atomic E-state index is -0.621. The first-order valence-corrected chi connectivity index (χ1v) is 5.40. The number of hydrogen-bond donors (Lipinski definition) is 2. The fourth-order valence-corrected chi connectivity index (χ4v) is 1.66. The molecule has 2 rings (SSSR count). The van der Waals surface area contributed by atoms with Crippen LogP contribution in [-0.2, 0) is 0 Å². The smallest absolute Gasteiger partial charge is 0.115 e. The Balaban J connectivity index is 2.29. The molecule has 0 saturated heterocycles. The number of benzene rings is 2. The maximum Gasteiger partial charge on any atom is 0.115 e. The monoisotopic (exact) mass is 226 g/mol. The average molecular weight is 226 g/mol. The molecule has 0 aliphatic rings. The molecule has 2 heteroatoms. The van der Waals surface area contributed by atoms with Crippen LogP contribution >= 0.6 is 0 Å². The van der Waals surface area contributed by atoms with Crippen molar-refractivity contribution in [3.05, 3.63) is 66.7 Å². The second kappa shape index (κ2) is 4.85. The van der Waals surface area contributed by atoms with Crippen LogP contribution < -0.4 is 0 Å². The van der Waals surface area contributed by atoms with Crippen LogP contribution in [0.25, 0.3) is 11.1 Å². The minimum Gasteiger partial charge on any atom is -0.508 e. The van der Waals surface area contributed by atoms with Crippen LogP contribution in [-0.4, -0.2) is 10.2 Å². The number of phenolic OH excluding ortho intramolecular Hbond substituents is 1. The van der Waals surface area contributed by atoms with Gasteiger partial charge in [-0.25, -0.2) is 0 Å². The Hall–Kier alpha value is -2.06. The van der Waals surface area contributed by atoms with Crippen molar-refractivity contribution < 1.29 is 10.2 Å². The maximum atomic E-state index is 9.58. The van der Waals surface area contributed by atoms with Gasteiger partial charge in [0, 0.05) is 0 Å². The molecule has 0 aromatic heterocycles. The zero-order chi connectivity index (χ0) is 12.3. The van der Waals surface area contributed by atoms with Crippen LogP contribution in [0.3, 0.4) is 0 Å². The lowest BCUT2D eigenvalue weighted by Crippen LogP contribution is -1.91. The Morgan fingerprint density at radius 3 is 1.82 bits per heavy atom. The van der Waals surface area contributed by atoms with Gasteiger partial charge in [0.1, 0.15) is 5.75 Å². The predicted molar refractivity (Wildman–Crippen MR) is 68.7 cm³/mol. The van der Waals surface area contributed by atoms with Crippen molar-refractivity contribution in [3.8, 4) is 16.9 Å². The molecule has 0 spiro atoms. The molecule has 0 amide bonds. The summed E-state index contributed by atoms with van der Waals surface area (Å²) in [5, 5.41) is 18.8. The van der Waals surface area contributed by atoms with Crippen molar-refractivity contribution in [1.82, 2.24) is 0 Å². The van der Waals surface area contributed by atoms with Gasteiger partial charge in [0.05, 0.1) is 6.10 Å². The number of hydrogen-bond acceptors (Lipinski definition) is 2. The van der Waals surface area contributed by atoms with Crippen molar-refractivity contribution in [2.45, 2.75) is 6.10 Å². The molecule has 17 heavy (non-hydrogen) atoms. The Labute approximate surface area is 100 Å². The van der Waals surface area contributed by atoms with E-state index in [-0.39, 0.29) is 5.75 Å². The molecule has 0 aliphatic heterocycles. The quantitative estimate of drug-likeness (QED) is 0.788. The molecule has 0 radical (unpaired) electrons. The lowest BCUT2D eigenvalue weighted by atomic mass is 10.0. The Morgan fingerprint density at radius 2 is 1.35 bits per heavy atom. The molecule has 0 saturated carbocycles. The highest BCUT2D eigenvalue weighted by atomic mass is 16.3. The third-order valence-corrected chi connectivity index (χ3v) is 2.68. The van der Waals surface area contributed by atoms with Crippen LogP contribution in [0.15, 0.2) is 61.2 Å². The fourth-order valence-electron chi connectivity index (χ4n) is 1.66. The van der Waals surface area contributed by atoms with Crippen LogP contribution in [0.2, 0.25) is 0 Å². The predicted octanol–water partition coefficient (Wildman–Crippen LogP) is 3.28. The van der Waals surface area contributed by atoms with Crippen molar-refractivity contribution >= 4 is 0 Å². The summed E-state index contributed by atoms with van der Waals surface area (Å²) in [6, 6.07) is 14.6. The van der Waals surface area contributed by atoms with E-state index in [1.54, 1.807) is 12.1 Å². The average Bonchev–Trinajstić information content (AvgIpc) is 2.39. The van der Waals surface area contributed by atoms with Gasteiger partial charge in [-0.1, -0.05) is 42.5 Å². The molecule has 2 N–H and O–H groups in total. The van der Waals surface area contributed by atoms with Gasteiger partial charge < -0.3 is 10.2 Å². The lowest BCUT2D eigenvalue weighted by Gasteiger charge is -2.07. The molecular weight excluding hydrogens is 212 g/mol. The summed E-state index contributed by atoms with van der Waals surface area (Å²) in [5.41, 5.74) is 2.90. The fraction of sp³-hybridized carbons (Fsp3) is 0.0667. The largest absolute Gasteiger partial charge is 0.508 e. The Morgan fingerprint density at radius 1 is 0.882 bits per heavy atom. The van der Waals surface area contributed by atoms with Gasteiger partial charge in [0.2, 0.25) is 0 Å². The second-order valence-electron chi connectivity index (χ2n) is 3.85. The van der Waals surface area contributed by atoms with E-state index in [1.807, 2.05) is 36.4 Å². The molecule has 0 aliphatic carbocycles. The van der Waals surface area contributed by atoms with Crippen molar-refractivity contribution in [2.24, 2.45) is 0 Å². The standard InChI is InChI=1S/C15H14O2/c1-2-15(17)13-5-3-11(4-6-13)12-7-9-14(16)10-8-12/h2-10,15-17H,1H2.